The minimum Gasteiger partial charge on any atom is -0.502 e. The maximum atomic E-state index is 10.00. The fourth-order valence-corrected chi connectivity index (χ4v) is 3.07. The third-order valence-corrected chi connectivity index (χ3v) is 4.54. The van der Waals surface area contributed by atoms with Crippen molar-refractivity contribution in [2.75, 3.05) is 40.9 Å². The number of aromatic hydroxyl groups is 1. The van der Waals surface area contributed by atoms with Gasteiger partial charge in [-0.25, -0.2) is 0 Å². The van der Waals surface area contributed by atoms with Crippen molar-refractivity contribution in [1.82, 2.24) is 15.5 Å². The number of phenols is 1. The first-order valence-electron chi connectivity index (χ1n) is 8.85. The number of guanidine groups is 1. The highest BCUT2D eigenvalue weighted by Crippen LogP contribution is 2.36. The molecule has 0 atom stereocenters. The Morgan fingerprint density at radius 2 is 1.89 bits per heavy atom. The predicted octanol–water partition coefficient (Wildman–Crippen LogP) is 2.34. The van der Waals surface area contributed by atoms with Crippen molar-refractivity contribution in [3.8, 4) is 17.2 Å². The lowest BCUT2D eigenvalue weighted by Gasteiger charge is -2.32. The Morgan fingerprint density at radius 1 is 1.30 bits per heavy atom. The van der Waals surface area contributed by atoms with Crippen molar-refractivity contribution in [2.24, 2.45) is 4.99 Å². The smallest absolute Gasteiger partial charge is 0.200 e. The van der Waals surface area contributed by atoms with Crippen LogP contribution >= 0.6 is 24.0 Å². The summed E-state index contributed by atoms with van der Waals surface area (Å²) in [6.45, 7) is 7.42. The molecule has 8 heteroatoms. The Morgan fingerprint density at radius 3 is 2.37 bits per heavy atom. The first-order chi connectivity index (χ1) is 12.6. The number of hydrogen-bond acceptors (Lipinski definition) is 5. The number of methoxy groups -OCH3 is 2. The second kappa shape index (κ2) is 11.9. The van der Waals surface area contributed by atoms with Crippen LogP contribution in [-0.4, -0.2) is 62.9 Å². The van der Waals surface area contributed by atoms with Gasteiger partial charge in [0.15, 0.2) is 17.5 Å². The molecule has 1 heterocycles. The molecule has 1 aliphatic rings. The molecule has 0 unspecified atom stereocenters. The summed E-state index contributed by atoms with van der Waals surface area (Å²) in [6.07, 6.45) is 4.11. The zero-order valence-electron chi connectivity index (χ0n) is 16.3. The highest BCUT2D eigenvalue weighted by molar-refractivity contribution is 14.0. The van der Waals surface area contributed by atoms with E-state index in [0.717, 1.165) is 44.0 Å². The fraction of sp³-hybridized carbons (Fsp3) is 0.526. The largest absolute Gasteiger partial charge is 0.502 e. The van der Waals surface area contributed by atoms with Gasteiger partial charge in [0.2, 0.25) is 5.75 Å². The minimum atomic E-state index is 0. The van der Waals surface area contributed by atoms with E-state index in [1.165, 1.54) is 14.2 Å². The molecule has 1 aromatic carbocycles. The molecule has 0 aromatic heterocycles. The van der Waals surface area contributed by atoms with E-state index >= 15 is 0 Å². The number of nitrogens with one attached hydrogen (secondary N) is 2. The third-order valence-electron chi connectivity index (χ3n) is 4.54. The van der Waals surface area contributed by atoms with Crippen LogP contribution in [0.15, 0.2) is 29.8 Å². The van der Waals surface area contributed by atoms with Crippen molar-refractivity contribution >= 4 is 29.9 Å². The van der Waals surface area contributed by atoms with Crippen LogP contribution in [0.1, 0.15) is 18.4 Å². The lowest BCUT2D eigenvalue weighted by molar-refractivity contribution is 0.225. The normalized spacial score (nSPS) is 15.6. The topological polar surface area (TPSA) is 78.4 Å². The molecule has 3 N–H and O–H groups in total. The van der Waals surface area contributed by atoms with E-state index in [1.807, 2.05) is 6.08 Å². The molecule has 152 valence electrons. The molecule has 1 aromatic rings. The van der Waals surface area contributed by atoms with Crippen molar-refractivity contribution in [3.05, 3.63) is 30.4 Å². The van der Waals surface area contributed by atoms with Gasteiger partial charge in [0, 0.05) is 39.3 Å². The first kappa shape index (κ1) is 23.4. The molecule has 0 amide bonds. The molecule has 0 bridgehead atoms. The summed E-state index contributed by atoms with van der Waals surface area (Å²) in [5.74, 6) is 1.54. The molecule has 2 rings (SSSR count). The molecular formula is C19H31IN4O3. The highest BCUT2D eigenvalue weighted by Gasteiger charge is 2.19. The average molecular weight is 490 g/mol. The summed E-state index contributed by atoms with van der Waals surface area (Å²) in [5, 5.41) is 16.8. The highest BCUT2D eigenvalue weighted by atomic mass is 127. The SMILES string of the molecule is C=CCN1CCC(NC(=NC)NCc2cc(OC)c(O)c(OC)c2)CC1.I. The zero-order valence-corrected chi connectivity index (χ0v) is 18.7. The summed E-state index contributed by atoms with van der Waals surface area (Å²) in [6, 6.07) is 3.98. The lowest BCUT2D eigenvalue weighted by atomic mass is 10.1. The molecule has 0 aliphatic carbocycles. The van der Waals surface area contributed by atoms with E-state index in [9.17, 15) is 5.11 Å². The number of rotatable bonds is 7. The monoisotopic (exact) mass is 490 g/mol. The lowest BCUT2D eigenvalue weighted by Crippen LogP contribution is -2.48. The van der Waals surface area contributed by atoms with Gasteiger partial charge in [-0.05, 0) is 30.5 Å². The summed E-state index contributed by atoms with van der Waals surface area (Å²) < 4.78 is 10.4. The number of benzene rings is 1. The van der Waals surface area contributed by atoms with Crippen LogP contribution in [0.25, 0.3) is 0 Å². The van der Waals surface area contributed by atoms with E-state index in [4.69, 9.17) is 9.47 Å². The Labute approximate surface area is 178 Å². The summed E-state index contributed by atoms with van der Waals surface area (Å²) in [5.41, 5.74) is 0.931. The van der Waals surface area contributed by atoms with Crippen LogP contribution in [-0.2, 0) is 6.54 Å². The Balaban J connectivity index is 0.00000364. The molecule has 0 spiro atoms. The van der Waals surface area contributed by atoms with E-state index in [1.54, 1.807) is 19.2 Å². The molecular weight excluding hydrogens is 459 g/mol. The Bertz CT molecular complexity index is 606. The van der Waals surface area contributed by atoms with Crippen molar-refractivity contribution < 1.29 is 14.6 Å². The van der Waals surface area contributed by atoms with Gasteiger partial charge >= 0.3 is 0 Å². The minimum absolute atomic E-state index is 0. The molecule has 1 fully saturated rings. The van der Waals surface area contributed by atoms with Gasteiger partial charge in [0.1, 0.15) is 0 Å². The number of nitrogens with zero attached hydrogens (tertiary/aromatic N) is 2. The predicted molar refractivity (Wildman–Crippen MR) is 120 cm³/mol. The van der Waals surface area contributed by atoms with Gasteiger partial charge in [-0.1, -0.05) is 6.08 Å². The van der Waals surface area contributed by atoms with Gasteiger partial charge in [-0.15, -0.1) is 30.6 Å². The van der Waals surface area contributed by atoms with Gasteiger partial charge in [-0.3, -0.25) is 9.89 Å². The Kier molecular flexibility index (Phi) is 10.3. The second-order valence-electron chi connectivity index (χ2n) is 6.28. The third kappa shape index (κ3) is 6.76. The maximum absolute atomic E-state index is 10.00. The Hall–Kier alpha value is -1.68. The number of piperidine rings is 1. The number of halogens is 1. The number of hydrogen-bond donors (Lipinski definition) is 3. The van der Waals surface area contributed by atoms with E-state index in [0.29, 0.717) is 24.1 Å². The van der Waals surface area contributed by atoms with Gasteiger partial charge < -0.3 is 25.2 Å². The fourth-order valence-electron chi connectivity index (χ4n) is 3.07. The van der Waals surface area contributed by atoms with E-state index < -0.39 is 0 Å². The van der Waals surface area contributed by atoms with Crippen LogP contribution < -0.4 is 20.1 Å². The quantitative estimate of drug-likeness (QED) is 0.236. The summed E-state index contributed by atoms with van der Waals surface area (Å²) >= 11 is 0. The molecule has 7 nitrogen and oxygen atoms in total. The average Bonchev–Trinajstić information content (AvgIpc) is 2.67. The zero-order chi connectivity index (χ0) is 18.9. The van der Waals surface area contributed by atoms with Crippen molar-refractivity contribution in [2.45, 2.75) is 25.4 Å². The summed E-state index contributed by atoms with van der Waals surface area (Å²) in [7, 11) is 4.80. The van der Waals surface area contributed by atoms with Gasteiger partial charge in [-0.2, -0.15) is 0 Å². The maximum Gasteiger partial charge on any atom is 0.200 e. The standard InChI is InChI=1S/C19H30N4O3.HI/c1-5-8-23-9-6-15(7-10-23)22-19(20-2)21-13-14-11-16(25-3)18(24)17(12-14)26-4;/h5,11-12,15,24H,1,6-10,13H2,2-4H3,(H2,20,21,22);1H. The van der Waals surface area contributed by atoms with Gasteiger partial charge in [0.25, 0.3) is 0 Å². The molecule has 27 heavy (non-hydrogen) atoms. The molecule has 0 saturated carbocycles. The number of aliphatic imine (C=N–C) groups is 1. The van der Waals surface area contributed by atoms with Crippen molar-refractivity contribution in [1.29, 1.82) is 0 Å². The van der Waals surface area contributed by atoms with Crippen LogP contribution in [0.4, 0.5) is 0 Å². The number of ether oxygens (including phenoxy) is 2. The molecule has 1 saturated heterocycles. The van der Waals surface area contributed by atoms with Crippen LogP contribution in [0.3, 0.4) is 0 Å². The second-order valence-corrected chi connectivity index (χ2v) is 6.28. The van der Waals surface area contributed by atoms with Crippen LogP contribution in [0, 0.1) is 0 Å². The van der Waals surface area contributed by atoms with Crippen LogP contribution in [0.2, 0.25) is 0 Å². The number of phenolic OH excluding ortho intramolecular Hbond substituents is 1. The molecule has 0 radical (unpaired) electrons. The number of likely N-dealkylation sites (tertiary alicyclic amines) is 1. The molecule has 1 aliphatic heterocycles. The van der Waals surface area contributed by atoms with Gasteiger partial charge in [0.05, 0.1) is 14.2 Å². The van der Waals surface area contributed by atoms with E-state index in [2.05, 4.69) is 27.1 Å². The summed E-state index contributed by atoms with van der Waals surface area (Å²) in [4.78, 5) is 6.71. The van der Waals surface area contributed by atoms with E-state index in [-0.39, 0.29) is 29.7 Å². The van der Waals surface area contributed by atoms with Crippen LogP contribution in [0.5, 0.6) is 17.2 Å². The van der Waals surface area contributed by atoms with Crippen molar-refractivity contribution in [3.63, 3.8) is 0 Å². The first-order valence-corrected chi connectivity index (χ1v) is 8.85.